The maximum absolute atomic E-state index is 3.67. The van der Waals surface area contributed by atoms with E-state index in [0.717, 1.165) is 8.75 Å². The third-order valence-electron chi connectivity index (χ3n) is 1.89. The van der Waals surface area contributed by atoms with E-state index in [1.807, 2.05) is 0 Å². The third-order valence-corrected chi connectivity index (χ3v) is 5.00. The molecule has 3 heteroatoms. The minimum Gasteiger partial charge on any atom is -0.0891 e. The van der Waals surface area contributed by atoms with Crippen LogP contribution in [0.4, 0.5) is 0 Å². The van der Waals surface area contributed by atoms with E-state index in [2.05, 4.69) is 68.0 Å². The van der Waals surface area contributed by atoms with Crippen LogP contribution >= 0.6 is 61.1 Å². The molecule has 2 unspecified atom stereocenters. The predicted octanol–water partition coefficient (Wildman–Crippen LogP) is 4.96. The van der Waals surface area contributed by atoms with E-state index in [1.54, 1.807) is 0 Å². The van der Waals surface area contributed by atoms with Crippen molar-refractivity contribution in [1.82, 2.24) is 0 Å². The SMILES string of the molecule is CCC(Br)CCC(I)CCCI. The molecule has 0 aromatic carbocycles. The molecule has 0 aliphatic rings. The fraction of sp³-hybridized carbons (Fsp3) is 1.00. The zero-order valence-corrected chi connectivity index (χ0v) is 13.4. The fourth-order valence-corrected chi connectivity index (χ4v) is 2.51. The van der Waals surface area contributed by atoms with Gasteiger partial charge in [-0.05, 0) is 36.5 Å². The lowest BCUT2D eigenvalue weighted by atomic mass is 10.1. The van der Waals surface area contributed by atoms with Gasteiger partial charge in [-0.15, -0.1) is 0 Å². The molecule has 0 aliphatic carbocycles. The van der Waals surface area contributed by atoms with Gasteiger partial charge in [0.25, 0.3) is 0 Å². The van der Waals surface area contributed by atoms with E-state index < -0.39 is 0 Å². The first-order valence-corrected chi connectivity index (χ1v) is 8.23. The van der Waals surface area contributed by atoms with Crippen LogP contribution in [0.1, 0.15) is 39.0 Å². The zero-order valence-electron chi connectivity index (χ0n) is 7.53. The second-order valence-corrected chi connectivity index (χ2v) is 7.15. The molecule has 0 aromatic heterocycles. The first-order valence-electron chi connectivity index (χ1n) is 4.54. The second-order valence-electron chi connectivity index (χ2n) is 3.01. The third kappa shape index (κ3) is 8.53. The van der Waals surface area contributed by atoms with Gasteiger partial charge in [-0.1, -0.05) is 68.0 Å². The molecule has 0 fully saturated rings. The first-order chi connectivity index (χ1) is 5.70. The molecular formula is C9H17BrI2. The Morgan fingerprint density at radius 1 is 1.25 bits per heavy atom. The van der Waals surface area contributed by atoms with Crippen LogP contribution in [0.2, 0.25) is 0 Å². The highest BCUT2D eigenvalue weighted by atomic mass is 127. The minimum atomic E-state index is 0.745. The quantitative estimate of drug-likeness (QED) is 0.374. The van der Waals surface area contributed by atoms with Crippen LogP contribution in [0, 0.1) is 0 Å². The zero-order chi connectivity index (χ0) is 9.40. The Hall–Kier alpha value is 1.94. The molecule has 0 aromatic rings. The monoisotopic (exact) mass is 458 g/mol. The van der Waals surface area contributed by atoms with Crippen LogP contribution in [0.3, 0.4) is 0 Å². The molecular weight excluding hydrogens is 442 g/mol. The Bertz CT molecular complexity index is 98.5. The van der Waals surface area contributed by atoms with E-state index in [9.17, 15) is 0 Å². The van der Waals surface area contributed by atoms with Crippen molar-refractivity contribution in [3.63, 3.8) is 0 Å². The van der Waals surface area contributed by atoms with Gasteiger partial charge in [0, 0.05) is 8.75 Å². The van der Waals surface area contributed by atoms with Crippen molar-refractivity contribution < 1.29 is 0 Å². The minimum absolute atomic E-state index is 0.745. The number of rotatable bonds is 7. The van der Waals surface area contributed by atoms with Gasteiger partial charge in [0.15, 0.2) is 0 Å². The number of halogens is 3. The molecule has 12 heavy (non-hydrogen) atoms. The lowest BCUT2D eigenvalue weighted by Crippen LogP contribution is -2.03. The van der Waals surface area contributed by atoms with Gasteiger partial charge in [-0.25, -0.2) is 0 Å². The Balaban J connectivity index is 3.24. The number of alkyl halides is 3. The van der Waals surface area contributed by atoms with Gasteiger partial charge >= 0.3 is 0 Å². The summed E-state index contributed by atoms with van der Waals surface area (Å²) in [5.41, 5.74) is 0. The van der Waals surface area contributed by atoms with Crippen molar-refractivity contribution in [2.75, 3.05) is 4.43 Å². The van der Waals surface area contributed by atoms with Gasteiger partial charge in [0.1, 0.15) is 0 Å². The summed E-state index contributed by atoms with van der Waals surface area (Å²) < 4.78 is 2.20. The summed E-state index contributed by atoms with van der Waals surface area (Å²) in [6.45, 7) is 2.24. The number of hydrogen-bond acceptors (Lipinski definition) is 0. The average molecular weight is 459 g/mol. The molecule has 0 N–H and O–H groups in total. The van der Waals surface area contributed by atoms with Crippen LogP contribution < -0.4 is 0 Å². The van der Waals surface area contributed by atoms with E-state index in [4.69, 9.17) is 0 Å². The van der Waals surface area contributed by atoms with Crippen LogP contribution in [-0.2, 0) is 0 Å². The Labute approximate surface area is 112 Å². The summed E-state index contributed by atoms with van der Waals surface area (Å²) in [4.78, 5) is 0.745. The Morgan fingerprint density at radius 2 is 1.92 bits per heavy atom. The van der Waals surface area contributed by atoms with E-state index in [1.165, 1.54) is 36.5 Å². The van der Waals surface area contributed by atoms with E-state index in [-0.39, 0.29) is 0 Å². The Kier molecular flexibility index (Phi) is 11.0. The first kappa shape index (κ1) is 13.9. The summed E-state index contributed by atoms with van der Waals surface area (Å²) in [6.07, 6.45) is 6.75. The molecule has 0 bridgehead atoms. The van der Waals surface area contributed by atoms with Crippen LogP contribution in [-0.4, -0.2) is 13.2 Å². The van der Waals surface area contributed by atoms with Crippen LogP contribution in [0.5, 0.6) is 0 Å². The van der Waals surface area contributed by atoms with Gasteiger partial charge in [0.05, 0.1) is 0 Å². The fourth-order valence-electron chi connectivity index (χ4n) is 1.01. The molecule has 0 amide bonds. The normalized spacial score (nSPS) is 16.0. The summed E-state index contributed by atoms with van der Waals surface area (Å²) in [7, 11) is 0. The maximum Gasteiger partial charge on any atom is 0.0143 e. The topological polar surface area (TPSA) is 0 Å². The summed E-state index contributed by atoms with van der Waals surface area (Å²) in [5, 5.41) is 0. The largest absolute Gasteiger partial charge is 0.0891 e. The molecule has 0 saturated heterocycles. The molecule has 0 aliphatic heterocycles. The molecule has 0 radical (unpaired) electrons. The standard InChI is InChI=1S/C9H17BrI2/c1-2-8(10)5-6-9(12)4-3-7-11/h8-9H,2-7H2,1H3. The molecule has 2 atom stereocenters. The summed E-state index contributed by atoms with van der Waals surface area (Å²) >= 11 is 8.72. The molecule has 0 saturated carbocycles. The van der Waals surface area contributed by atoms with Crippen LogP contribution in [0.15, 0.2) is 0 Å². The lowest BCUT2D eigenvalue weighted by Gasteiger charge is -2.11. The molecule has 74 valence electrons. The van der Waals surface area contributed by atoms with Gasteiger partial charge < -0.3 is 0 Å². The van der Waals surface area contributed by atoms with E-state index >= 15 is 0 Å². The van der Waals surface area contributed by atoms with Crippen molar-refractivity contribution in [3.05, 3.63) is 0 Å². The van der Waals surface area contributed by atoms with Crippen molar-refractivity contribution in [2.45, 2.75) is 47.8 Å². The Morgan fingerprint density at radius 3 is 2.42 bits per heavy atom. The van der Waals surface area contributed by atoms with Crippen molar-refractivity contribution >= 4 is 61.1 Å². The smallest absolute Gasteiger partial charge is 0.0143 e. The predicted molar refractivity (Wildman–Crippen MR) is 78.2 cm³/mol. The second kappa shape index (κ2) is 9.49. The number of hydrogen-bond donors (Lipinski definition) is 0. The van der Waals surface area contributed by atoms with Crippen molar-refractivity contribution in [1.29, 1.82) is 0 Å². The van der Waals surface area contributed by atoms with Gasteiger partial charge in [-0.3, -0.25) is 0 Å². The highest BCUT2D eigenvalue weighted by molar-refractivity contribution is 14.1. The average Bonchev–Trinajstić information content (AvgIpc) is 2.10. The molecule has 0 rings (SSSR count). The van der Waals surface area contributed by atoms with Crippen molar-refractivity contribution in [2.24, 2.45) is 0 Å². The van der Waals surface area contributed by atoms with E-state index in [0.29, 0.717) is 0 Å². The summed E-state index contributed by atoms with van der Waals surface area (Å²) in [5.74, 6) is 0. The molecule has 0 spiro atoms. The van der Waals surface area contributed by atoms with Gasteiger partial charge in [-0.2, -0.15) is 0 Å². The van der Waals surface area contributed by atoms with Gasteiger partial charge in [0.2, 0.25) is 0 Å². The maximum atomic E-state index is 3.67. The molecule has 0 nitrogen and oxygen atoms in total. The lowest BCUT2D eigenvalue weighted by molar-refractivity contribution is 0.645. The van der Waals surface area contributed by atoms with Crippen LogP contribution in [0.25, 0.3) is 0 Å². The summed E-state index contributed by atoms with van der Waals surface area (Å²) in [6, 6.07) is 0. The highest BCUT2D eigenvalue weighted by Crippen LogP contribution is 2.20. The molecule has 0 heterocycles. The highest BCUT2D eigenvalue weighted by Gasteiger charge is 2.06. The van der Waals surface area contributed by atoms with Crippen molar-refractivity contribution in [3.8, 4) is 0 Å².